The maximum absolute atomic E-state index is 13.4. The molecule has 0 radical (unpaired) electrons. The van der Waals surface area contributed by atoms with Gasteiger partial charge in [0.25, 0.3) is 0 Å². The number of hydrogen-bond acceptors (Lipinski definition) is 3. The minimum absolute atomic E-state index is 0.0127. The number of amides is 2. The first-order valence-corrected chi connectivity index (χ1v) is 13.6. The van der Waals surface area contributed by atoms with E-state index in [4.69, 9.17) is 0 Å². The Morgan fingerprint density at radius 2 is 1.57 bits per heavy atom. The number of aryl methyl sites for hydroxylation is 3. The Bertz CT molecular complexity index is 1220. The molecule has 1 aliphatic carbocycles. The van der Waals surface area contributed by atoms with Crippen molar-refractivity contribution in [1.29, 1.82) is 0 Å². The number of carbonyl (C=O) groups excluding carboxylic acids is 2. The Kier molecular flexibility index (Phi) is 8.00. The molecule has 2 amide bonds. The first-order valence-electron chi connectivity index (χ1n) is 13.6. The maximum atomic E-state index is 13.4. The number of nitrogens with zero attached hydrogens (tertiary/aromatic N) is 1. The Labute approximate surface area is 220 Å². The molecule has 5 rings (SSSR count). The van der Waals surface area contributed by atoms with E-state index in [2.05, 4.69) is 83.1 Å². The van der Waals surface area contributed by atoms with E-state index in [0.29, 0.717) is 26.1 Å². The summed E-state index contributed by atoms with van der Waals surface area (Å²) in [6.45, 7) is 4.74. The standard InChI is InChI=1S/C32H37N3O2/c1-23-10-12-25(13-11-23)20-33-31(36)28-18-29(22-35(21-28)17-16-24-6-3-2-4-7-24)32(37)34-30-15-14-26-8-5-9-27(26)19-30/h2-4,6-7,10-15,19,28-29H,5,8-9,16-18,20-22H2,1H3,(H,33,36)(H,34,37)/t28-,29+/m0/s1. The van der Waals surface area contributed by atoms with Crippen LogP contribution in [0.3, 0.4) is 0 Å². The quantitative estimate of drug-likeness (QED) is 0.466. The van der Waals surface area contributed by atoms with Crippen LogP contribution in [0.25, 0.3) is 0 Å². The van der Waals surface area contributed by atoms with Crippen molar-refractivity contribution in [3.05, 3.63) is 101 Å². The summed E-state index contributed by atoms with van der Waals surface area (Å²) >= 11 is 0. The van der Waals surface area contributed by atoms with Gasteiger partial charge in [-0.15, -0.1) is 0 Å². The Balaban J connectivity index is 1.25. The minimum atomic E-state index is -0.229. The van der Waals surface area contributed by atoms with E-state index < -0.39 is 0 Å². The molecule has 0 unspecified atom stereocenters. The zero-order valence-corrected chi connectivity index (χ0v) is 21.7. The summed E-state index contributed by atoms with van der Waals surface area (Å²) in [4.78, 5) is 28.9. The van der Waals surface area contributed by atoms with Crippen LogP contribution in [0.15, 0.2) is 72.8 Å². The zero-order chi connectivity index (χ0) is 25.6. The molecule has 192 valence electrons. The first-order chi connectivity index (χ1) is 18.0. The average Bonchev–Trinajstić information content (AvgIpc) is 3.40. The Hall–Kier alpha value is -3.44. The van der Waals surface area contributed by atoms with Crippen LogP contribution in [-0.4, -0.2) is 36.3 Å². The highest BCUT2D eigenvalue weighted by Crippen LogP contribution is 2.27. The molecular weight excluding hydrogens is 458 g/mol. The van der Waals surface area contributed by atoms with Crippen LogP contribution in [-0.2, 0) is 35.4 Å². The summed E-state index contributed by atoms with van der Waals surface area (Å²) in [5.74, 6) is -0.405. The number of hydrogen-bond donors (Lipinski definition) is 2. The van der Waals surface area contributed by atoms with Gasteiger partial charge < -0.3 is 15.5 Å². The second-order valence-corrected chi connectivity index (χ2v) is 10.7. The topological polar surface area (TPSA) is 61.4 Å². The summed E-state index contributed by atoms with van der Waals surface area (Å²) in [5.41, 5.74) is 7.17. The molecule has 2 atom stereocenters. The molecule has 1 fully saturated rings. The number of carbonyl (C=O) groups is 2. The van der Waals surface area contributed by atoms with E-state index in [1.165, 1.54) is 28.7 Å². The van der Waals surface area contributed by atoms with Gasteiger partial charge in [0, 0.05) is 31.9 Å². The Morgan fingerprint density at radius 3 is 2.35 bits per heavy atom. The molecule has 1 aliphatic heterocycles. The van der Waals surface area contributed by atoms with Crippen LogP contribution in [0, 0.1) is 18.8 Å². The molecule has 1 saturated heterocycles. The van der Waals surface area contributed by atoms with Crippen LogP contribution in [0.1, 0.15) is 40.7 Å². The third-order valence-corrected chi connectivity index (χ3v) is 7.78. The summed E-state index contributed by atoms with van der Waals surface area (Å²) < 4.78 is 0. The fourth-order valence-corrected chi connectivity index (χ4v) is 5.62. The lowest BCUT2D eigenvalue weighted by molar-refractivity contribution is -0.130. The number of benzene rings is 3. The van der Waals surface area contributed by atoms with Crippen molar-refractivity contribution < 1.29 is 9.59 Å². The number of piperidine rings is 1. The lowest BCUT2D eigenvalue weighted by atomic mass is 9.87. The number of nitrogens with one attached hydrogen (secondary N) is 2. The molecule has 0 saturated carbocycles. The van der Waals surface area contributed by atoms with Gasteiger partial charge in [0.05, 0.1) is 11.8 Å². The third kappa shape index (κ3) is 6.66. The highest BCUT2D eigenvalue weighted by atomic mass is 16.2. The Morgan fingerprint density at radius 1 is 0.838 bits per heavy atom. The molecule has 0 bridgehead atoms. The molecule has 2 N–H and O–H groups in total. The predicted octanol–water partition coefficient (Wildman–Crippen LogP) is 4.92. The van der Waals surface area contributed by atoms with Gasteiger partial charge in [0.1, 0.15) is 0 Å². The molecule has 5 heteroatoms. The van der Waals surface area contributed by atoms with Crippen LogP contribution in [0.4, 0.5) is 5.69 Å². The number of likely N-dealkylation sites (tertiary alicyclic amines) is 1. The van der Waals surface area contributed by atoms with Crippen molar-refractivity contribution in [3.8, 4) is 0 Å². The van der Waals surface area contributed by atoms with Crippen molar-refractivity contribution in [2.24, 2.45) is 11.8 Å². The second kappa shape index (κ2) is 11.7. The van der Waals surface area contributed by atoms with Gasteiger partial charge in [-0.3, -0.25) is 9.59 Å². The summed E-state index contributed by atoms with van der Waals surface area (Å²) in [5, 5.41) is 6.28. The minimum Gasteiger partial charge on any atom is -0.352 e. The third-order valence-electron chi connectivity index (χ3n) is 7.78. The fourth-order valence-electron chi connectivity index (χ4n) is 5.62. The van der Waals surface area contributed by atoms with Crippen LogP contribution in [0.2, 0.25) is 0 Å². The van der Waals surface area contributed by atoms with E-state index in [0.717, 1.165) is 37.1 Å². The van der Waals surface area contributed by atoms with Gasteiger partial charge in [-0.2, -0.15) is 0 Å². The van der Waals surface area contributed by atoms with Gasteiger partial charge in [-0.25, -0.2) is 0 Å². The van der Waals surface area contributed by atoms with Gasteiger partial charge in [-0.05, 0) is 73.4 Å². The zero-order valence-electron chi connectivity index (χ0n) is 21.7. The molecule has 3 aromatic rings. The summed E-state index contributed by atoms with van der Waals surface area (Å²) in [7, 11) is 0. The largest absolute Gasteiger partial charge is 0.352 e. The highest BCUT2D eigenvalue weighted by Gasteiger charge is 2.35. The number of rotatable bonds is 8. The van der Waals surface area contributed by atoms with Gasteiger partial charge in [-0.1, -0.05) is 66.2 Å². The molecule has 2 aliphatic rings. The smallest absolute Gasteiger partial charge is 0.228 e. The van der Waals surface area contributed by atoms with Crippen molar-refractivity contribution in [3.63, 3.8) is 0 Å². The normalized spacial score (nSPS) is 19.3. The van der Waals surface area contributed by atoms with Crippen LogP contribution < -0.4 is 10.6 Å². The monoisotopic (exact) mass is 495 g/mol. The molecule has 37 heavy (non-hydrogen) atoms. The molecule has 0 spiro atoms. The van der Waals surface area contributed by atoms with Gasteiger partial charge in [0.2, 0.25) is 11.8 Å². The molecule has 5 nitrogen and oxygen atoms in total. The van der Waals surface area contributed by atoms with Gasteiger partial charge in [0.15, 0.2) is 0 Å². The van der Waals surface area contributed by atoms with Crippen molar-refractivity contribution >= 4 is 17.5 Å². The maximum Gasteiger partial charge on any atom is 0.228 e. The predicted molar refractivity (Wildman–Crippen MR) is 148 cm³/mol. The SMILES string of the molecule is Cc1ccc(CNC(=O)[C@H]2C[C@@H](C(=O)Nc3ccc4c(c3)CCC4)CN(CCc3ccccc3)C2)cc1. The second-order valence-electron chi connectivity index (χ2n) is 10.7. The van der Waals surface area contributed by atoms with Crippen LogP contribution >= 0.6 is 0 Å². The molecule has 1 heterocycles. The average molecular weight is 496 g/mol. The molecule has 3 aromatic carbocycles. The van der Waals surface area contributed by atoms with E-state index in [9.17, 15) is 9.59 Å². The first kappa shape index (κ1) is 25.2. The van der Waals surface area contributed by atoms with Crippen LogP contribution in [0.5, 0.6) is 0 Å². The lowest BCUT2D eigenvalue weighted by Crippen LogP contribution is -2.49. The van der Waals surface area contributed by atoms with E-state index in [-0.39, 0.29) is 23.7 Å². The number of fused-ring (bicyclic) bond motifs is 1. The van der Waals surface area contributed by atoms with E-state index >= 15 is 0 Å². The summed E-state index contributed by atoms with van der Waals surface area (Å²) in [6, 6.07) is 24.9. The molecule has 0 aromatic heterocycles. The van der Waals surface area contributed by atoms with E-state index in [1.807, 2.05) is 12.1 Å². The van der Waals surface area contributed by atoms with Crippen molar-refractivity contribution in [1.82, 2.24) is 10.2 Å². The van der Waals surface area contributed by atoms with Crippen molar-refractivity contribution in [2.45, 2.75) is 45.6 Å². The fraction of sp³-hybridized carbons (Fsp3) is 0.375. The number of anilines is 1. The lowest BCUT2D eigenvalue weighted by Gasteiger charge is -2.36. The highest BCUT2D eigenvalue weighted by molar-refractivity contribution is 5.93. The molecular formula is C32H37N3O2. The van der Waals surface area contributed by atoms with Gasteiger partial charge >= 0.3 is 0 Å². The van der Waals surface area contributed by atoms with E-state index in [1.54, 1.807) is 0 Å². The van der Waals surface area contributed by atoms with Crippen molar-refractivity contribution in [2.75, 3.05) is 25.0 Å². The summed E-state index contributed by atoms with van der Waals surface area (Å²) in [6.07, 6.45) is 4.86.